The molecule has 8 nitrogen and oxygen atoms in total. The van der Waals surface area contributed by atoms with Crippen molar-refractivity contribution in [3.8, 4) is 0 Å². The van der Waals surface area contributed by atoms with Crippen LogP contribution < -0.4 is 0 Å². The van der Waals surface area contributed by atoms with Crippen molar-refractivity contribution < 1.29 is 13.2 Å². The van der Waals surface area contributed by atoms with Crippen LogP contribution in [-0.2, 0) is 21.4 Å². The monoisotopic (exact) mass is 445 g/mol. The molecule has 2 aromatic rings. The van der Waals surface area contributed by atoms with Gasteiger partial charge >= 0.3 is 0 Å². The van der Waals surface area contributed by atoms with Crippen molar-refractivity contribution in [1.29, 1.82) is 0 Å². The Hall–Kier alpha value is -1.30. The van der Waals surface area contributed by atoms with E-state index in [0.717, 1.165) is 22.4 Å². The van der Waals surface area contributed by atoms with E-state index < -0.39 is 10.0 Å². The molecule has 0 saturated carbocycles. The van der Waals surface area contributed by atoms with Crippen molar-refractivity contribution in [2.24, 2.45) is 0 Å². The third kappa shape index (κ3) is 3.25. The fourth-order valence-corrected chi connectivity index (χ4v) is 6.65. The number of halogens is 1. The van der Waals surface area contributed by atoms with E-state index >= 15 is 0 Å². The van der Waals surface area contributed by atoms with Gasteiger partial charge in [-0.25, -0.2) is 13.1 Å². The molecule has 2 saturated heterocycles. The Bertz CT molecular complexity index is 903. The highest BCUT2D eigenvalue weighted by atomic mass is 79.9. The second-order valence-electron chi connectivity index (χ2n) is 6.14. The molecule has 0 radical (unpaired) electrons. The van der Waals surface area contributed by atoms with Crippen LogP contribution in [0.15, 0.2) is 26.3 Å². The lowest BCUT2D eigenvalue weighted by atomic mass is 10.2. The van der Waals surface area contributed by atoms with E-state index in [1.807, 2.05) is 6.20 Å². The number of sulfonamides is 1. The van der Waals surface area contributed by atoms with E-state index in [1.165, 1.54) is 15.6 Å². The van der Waals surface area contributed by atoms with Gasteiger partial charge in [0, 0.05) is 26.1 Å². The molecule has 2 aliphatic heterocycles. The lowest BCUT2D eigenvalue weighted by Gasteiger charge is -2.37. The number of carbonyl (C=O) groups is 1. The molecular weight excluding hydrogens is 430 g/mol. The zero-order chi connectivity index (χ0) is 17.6. The van der Waals surface area contributed by atoms with Gasteiger partial charge in [-0.2, -0.15) is 4.31 Å². The molecule has 2 aromatic heterocycles. The number of nitrogens with zero attached hydrogens (tertiary/aromatic N) is 5. The van der Waals surface area contributed by atoms with E-state index in [1.54, 1.807) is 21.7 Å². The van der Waals surface area contributed by atoms with Gasteiger partial charge in [-0.1, -0.05) is 5.21 Å². The second-order valence-corrected chi connectivity index (χ2v) is 10.8. The highest BCUT2D eigenvalue weighted by Gasteiger charge is 2.39. The minimum atomic E-state index is -3.43. The number of amides is 1. The smallest absolute Gasteiger partial charge is 0.252 e. The minimum Gasteiger partial charge on any atom is -0.337 e. The summed E-state index contributed by atoms with van der Waals surface area (Å²) in [5.41, 5.74) is 0.735. The molecule has 0 N–H and O–H groups in total. The number of rotatable bonds is 5. The fourth-order valence-electron chi connectivity index (χ4n) is 2.97. The molecule has 0 spiro atoms. The van der Waals surface area contributed by atoms with Crippen LogP contribution >= 0.6 is 27.3 Å². The quantitative estimate of drug-likeness (QED) is 0.694. The van der Waals surface area contributed by atoms with Crippen molar-refractivity contribution in [3.05, 3.63) is 27.8 Å². The second kappa shape index (κ2) is 6.45. The molecule has 0 atom stereocenters. The van der Waals surface area contributed by atoms with Gasteiger partial charge < -0.3 is 4.90 Å². The molecule has 2 fully saturated rings. The van der Waals surface area contributed by atoms with Crippen LogP contribution in [-0.4, -0.2) is 58.2 Å². The van der Waals surface area contributed by atoms with Crippen LogP contribution in [0.1, 0.15) is 24.6 Å². The largest absolute Gasteiger partial charge is 0.337 e. The van der Waals surface area contributed by atoms with E-state index in [0.29, 0.717) is 30.3 Å². The lowest BCUT2D eigenvalue weighted by molar-refractivity contribution is -0.128. The minimum absolute atomic E-state index is 0.0197. The van der Waals surface area contributed by atoms with E-state index in [4.69, 9.17) is 0 Å². The van der Waals surface area contributed by atoms with Crippen LogP contribution in [0.4, 0.5) is 0 Å². The summed E-state index contributed by atoms with van der Waals surface area (Å²) in [6, 6.07) is 3.32. The van der Waals surface area contributed by atoms with Crippen LogP contribution in [0, 0.1) is 0 Å². The van der Waals surface area contributed by atoms with Crippen molar-refractivity contribution in [2.75, 3.05) is 19.6 Å². The van der Waals surface area contributed by atoms with Gasteiger partial charge in [-0.05, 0) is 34.5 Å². The van der Waals surface area contributed by atoms with Crippen molar-refractivity contribution >= 4 is 43.2 Å². The summed E-state index contributed by atoms with van der Waals surface area (Å²) in [6.45, 7) is 1.99. The first kappa shape index (κ1) is 17.1. The zero-order valence-corrected chi connectivity index (χ0v) is 16.4. The maximum absolute atomic E-state index is 12.5. The first-order valence-electron chi connectivity index (χ1n) is 7.87. The van der Waals surface area contributed by atoms with Gasteiger partial charge in [0.05, 0.1) is 22.6 Å². The third-order valence-electron chi connectivity index (χ3n) is 4.43. The van der Waals surface area contributed by atoms with Crippen molar-refractivity contribution in [1.82, 2.24) is 24.2 Å². The maximum atomic E-state index is 12.5. The molecule has 0 bridgehead atoms. The Balaban J connectivity index is 1.38. The molecule has 11 heteroatoms. The summed E-state index contributed by atoms with van der Waals surface area (Å²) >= 11 is 4.50. The molecule has 4 rings (SSSR count). The Labute approximate surface area is 157 Å². The van der Waals surface area contributed by atoms with Gasteiger partial charge in [0.1, 0.15) is 9.90 Å². The normalized spacial score (nSPS) is 19.6. The molecule has 25 heavy (non-hydrogen) atoms. The fraction of sp³-hybridized carbons (Fsp3) is 0.500. The molecule has 0 aliphatic carbocycles. The standard InChI is InChI=1S/C14H16BrN5O3S2/c15-12-3-4-14(24-12)25(22,23)19-8-11(9-19)20-7-10(16-17-20)6-18-5-1-2-13(18)21/h3-4,7,11H,1-2,5-6,8-9H2. The first-order chi connectivity index (χ1) is 11.9. The van der Waals surface area contributed by atoms with E-state index in [9.17, 15) is 13.2 Å². The molecule has 0 unspecified atom stereocenters. The number of hydrogen-bond donors (Lipinski definition) is 0. The number of carbonyl (C=O) groups excluding carboxylic acids is 1. The van der Waals surface area contributed by atoms with Gasteiger partial charge in [0.2, 0.25) is 5.91 Å². The molecule has 1 amide bonds. The van der Waals surface area contributed by atoms with Crippen LogP contribution in [0.2, 0.25) is 0 Å². The van der Waals surface area contributed by atoms with Crippen LogP contribution in [0.3, 0.4) is 0 Å². The summed E-state index contributed by atoms with van der Waals surface area (Å²) in [5.74, 6) is 0.151. The van der Waals surface area contributed by atoms with Gasteiger partial charge in [0.25, 0.3) is 10.0 Å². The SMILES string of the molecule is O=C1CCCN1Cc1cn(C2CN(S(=O)(=O)c3ccc(Br)s3)C2)nn1. The highest BCUT2D eigenvalue weighted by Crippen LogP contribution is 2.33. The number of likely N-dealkylation sites (tertiary alicyclic amines) is 1. The summed E-state index contributed by atoms with van der Waals surface area (Å²) in [6.07, 6.45) is 3.30. The average Bonchev–Trinajstić information content (AvgIpc) is 3.22. The van der Waals surface area contributed by atoms with Crippen molar-refractivity contribution in [3.63, 3.8) is 0 Å². The van der Waals surface area contributed by atoms with Gasteiger partial charge in [0.15, 0.2) is 0 Å². The zero-order valence-electron chi connectivity index (χ0n) is 13.2. The molecule has 0 aromatic carbocycles. The van der Waals surface area contributed by atoms with Crippen LogP contribution in [0.25, 0.3) is 0 Å². The number of hydrogen-bond acceptors (Lipinski definition) is 6. The van der Waals surface area contributed by atoms with E-state index in [-0.39, 0.29) is 11.9 Å². The maximum Gasteiger partial charge on any atom is 0.252 e. The third-order valence-corrected chi connectivity index (χ3v) is 8.35. The number of thiophene rings is 1. The Kier molecular flexibility index (Phi) is 4.42. The Morgan fingerprint density at radius 3 is 2.76 bits per heavy atom. The lowest BCUT2D eigenvalue weighted by Crippen LogP contribution is -2.50. The predicted octanol–water partition coefficient (Wildman–Crippen LogP) is 1.47. The average molecular weight is 446 g/mol. The topological polar surface area (TPSA) is 88.4 Å². The summed E-state index contributed by atoms with van der Waals surface area (Å²) in [5, 5.41) is 8.21. The van der Waals surface area contributed by atoms with Crippen molar-refractivity contribution in [2.45, 2.75) is 29.6 Å². The molecule has 2 aliphatic rings. The predicted molar refractivity (Wildman–Crippen MR) is 94.5 cm³/mol. The van der Waals surface area contributed by atoms with E-state index in [2.05, 4.69) is 26.2 Å². The Morgan fingerprint density at radius 1 is 1.32 bits per heavy atom. The van der Waals surface area contributed by atoms with Crippen LogP contribution in [0.5, 0.6) is 0 Å². The summed E-state index contributed by atoms with van der Waals surface area (Å²) < 4.78 is 29.3. The number of aromatic nitrogens is 3. The molecule has 4 heterocycles. The molecule has 134 valence electrons. The summed E-state index contributed by atoms with van der Waals surface area (Å²) in [4.78, 5) is 13.4. The Morgan fingerprint density at radius 2 is 2.12 bits per heavy atom. The van der Waals surface area contributed by atoms with Gasteiger partial charge in [-0.15, -0.1) is 16.4 Å². The first-order valence-corrected chi connectivity index (χ1v) is 10.9. The summed E-state index contributed by atoms with van der Waals surface area (Å²) in [7, 11) is -3.43. The highest BCUT2D eigenvalue weighted by molar-refractivity contribution is 9.11. The van der Waals surface area contributed by atoms with Gasteiger partial charge in [-0.3, -0.25) is 4.79 Å². The molecular formula is C14H16BrN5O3S2.